The number of hydrogen-bond donors (Lipinski definition) is 0. The first kappa shape index (κ1) is 10.3. The second kappa shape index (κ2) is 3.40. The van der Waals surface area contributed by atoms with Crippen LogP contribution in [0.15, 0.2) is 12.2 Å². The molecule has 0 spiro atoms. The van der Waals surface area contributed by atoms with Crippen molar-refractivity contribution in [3.8, 4) is 0 Å². The molecule has 3 nitrogen and oxygen atoms in total. The summed E-state index contributed by atoms with van der Waals surface area (Å²) >= 11 is 0. The Bertz CT molecular complexity index is 353. The molecule has 0 unspecified atom stereocenters. The van der Waals surface area contributed by atoms with E-state index in [2.05, 4.69) is 0 Å². The fraction of sp³-hybridized carbons (Fsp3) is 0.583. The molecule has 0 heterocycles. The van der Waals surface area contributed by atoms with Crippen molar-refractivity contribution in [1.29, 1.82) is 0 Å². The van der Waals surface area contributed by atoms with Gasteiger partial charge in [0.15, 0.2) is 0 Å². The highest BCUT2D eigenvalue weighted by Gasteiger charge is 2.50. The topological polar surface area (TPSA) is 51.2 Å². The van der Waals surface area contributed by atoms with Gasteiger partial charge in [0.1, 0.15) is 17.3 Å². The molecule has 2 aliphatic rings. The Hall–Kier alpha value is -1.25. The monoisotopic (exact) mass is 206 g/mol. The summed E-state index contributed by atoms with van der Waals surface area (Å²) in [4.78, 5) is 34.2. The molecular weight excluding hydrogens is 192 g/mol. The van der Waals surface area contributed by atoms with E-state index < -0.39 is 5.92 Å². The van der Waals surface area contributed by atoms with Gasteiger partial charge >= 0.3 is 0 Å². The highest BCUT2D eigenvalue weighted by molar-refractivity contribution is 6.02. The second-order valence-corrected chi connectivity index (χ2v) is 4.52. The van der Waals surface area contributed by atoms with Crippen LogP contribution < -0.4 is 0 Å². The largest absolute Gasteiger partial charge is 0.299 e. The quantitative estimate of drug-likeness (QED) is 0.514. The van der Waals surface area contributed by atoms with E-state index in [1.165, 1.54) is 13.8 Å². The van der Waals surface area contributed by atoms with E-state index in [1.807, 2.05) is 12.2 Å². The third-order valence-electron chi connectivity index (χ3n) is 3.53. The first-order valence-corrected chi connectivity index (χ1v) is 5.24. The van der Waals surface area contributed by atoms with Gasteiger partial charge in [0, 0.05) is 18.3 Å². The molecule has 0 amide bonds. The fourth-order valence-corrected chi connectivity index (χ4v) is 2.80. The van der Waals surface area contributed by atoms with Crippen LogP contribution in [0.5, 0.6) is 0 Å². The third-order valence-corrected chi connectivity index (χ3v) is 3.53. The Morgan fingerprint density at radius 1 is 1.27 bits per heavy atom. The fourth-order valence-electron chi connectivity index (χ4n) is 2.80. The number of fused-ring (bicyclic) bond motifs is 1. The minimum atomic E-state index is -0.611. The Kier molecular flexibility index (Phi) is 2.33. The van der Waals surface area contributed by atoms with E-state index in [4.69, 9.17) is 0 Å². The van der Waals surface area contributed by atoms with Crippen molar-refractivity contribution in [1.82, 2.24) is 0 Å². The van der Waals surface area contributed by atoms with E-state index in [0.29, 0.717) is 6.42 Å². The van der Waals surface area contributed by atoms with Crippen LogP contribution in [0, 0.1) is 23.7 Å². The zero-order valence-electron chi connectivity index (χ0n) is 8.90. The van der Waals surface area contributed by atoms with Crippen molar-refractivity contribution < 1.29 is 14.4 Å². The summed E-state index contributed by atoms with van der Waals surface area (Å²) in [7, 11) is 0. The molecule has 1 saturated carbocycles. The summed E-state index contributed by atoms with van der Waals surface area (Å²) in [5, 5.41) is 0. The molecule has 3 atom stereocenters. The van der Waals surface area contributed by atoms with Gasteiger partial charge in [0.05, 0.1) is 5.92 Å². The molecule has 0 N–H and O–H groups in total. The third kappa shape index (κ3) is 1.46. The number of carbonyl (C=O) groups excluding carboxylic acids is 3. The molecule has 2 aliphatic carbocycles. The summed E-state index contributed by atoms with van der Waals surface area (Å²) in [5.74, 6) is -0.657. The van der Waals surface area contributed by atoms with Crippen molar-refractivity contribution in [3.63, 3.8) is 0 Å². The molecule has 0 bridgehead atoms. The summed E-state index contributed by atoms with van der Waals surface area (Å²) in [5.41, 5.74) is 0. The van der Waals surface area contributed by atoms with E-state index >= 15 is 0 Å². The van der Waals surface area contributed by atoms with Crippen LogP contribution in [0.3, 0.4) is 0 Å². The van der Waals surface area contributed by atoms with Crippen molar-refractivity contribution in [2.24, 2.45) is 23.7 Å². The van der Waals surface area contributed by atoms with Crippen LogP contribution in [-0.4, -0.2) is 17.3 Å². The van der Waals surface area contributed by atoms with E-state index in [0.717, 1.165) is 0 Å². The zero-order chi connectivity index (χ0) is 11.2. The molecule has 2 rings (SSSR count). The predicted octanol–water partition coefficient (Wildman–Crippen LogP) is 1.17. The van der Waals surface area contributed by atoms with Gasteiger partial charge in [-0.15, -0.1) is 0 Å². The lowest BCUT2D eigenvalue weighted by atomic mass is 9.66. The number of Topliss-reactive ketones (excluding diaryl/α,β-unsaturated/α-hetero) is 3. The number of carbonyl (C=O) groups is 3. The smallest absolute Gasteiger partial charge is 0.140 e. The van der Waals surface area contributed by atoms with Gasteiger partial charge in [-0.25, -0.2) is 0 Å². The Labute approximate surface area is 88.5 Å². The van der Waals surface area contributed by atoms with Gasteiger partial charge < -0.3 is 0 Å². The number of allylic oxidation sites excluding steroid dienone is 2. The molecule has 0 aromatic carbocycles. The molecule has 80 valence electrons. The van der Waals surface area contributed by atoms with E-state index in [9.17, 15) is 14.4 Å². The first-order chi connectivity index (χ1) is 7.02. The van der Waals surface area contributed by atoms with Crippen LogP contribution in [-0.2, 0) is 14.4 Å². The van der Waals surface area contributed by atoms with E-state index in [1.54, 1.807) is 0 Å². The second-order valence-electron chi connectivity index (χ2n) is 4.52. The summed E-state index contributed by atoms with van der Waals surface area (Å²) in [6, 6.07) is 0. The summed E-state index contributed by atoms with van der Waals surface area (Å²) in [6.45, 7) is 2.85. The van der Waals surface area contributed by atoms with Crippen LogP contribution in [0.25, 0.3) is 0 Å². The Balaban J connectivity index is 2.22. The molecule has 0 aromatic heterocycles. The van der Waals surface area contributed by atoms with Crippen molar-refractivity contribution in [2.45, 2.75) is 20.3 Å². The lowest BCUT2D eigenvalue weighted by Gasteiger charge is -2.34. The highest BCUT2D eigenvalue weighted by atomic mass is 16.2. The van der Waals surface area contributed by atoms with Gasteiger partial charge in [0.25, 0.3) is 0 Å². The predicted molar refractivity (Wildman–Crippen MR) is 54.1 cm³/mol. The Morgan fingerprint density at radius 3 is 2.33 bits per heavy atom. The zero-order valence-corrected chi connectivity index (χ0v) is 8.90. The normalized spacial score (nSPS) is 32.7. The maximum Gasteiger partial charge on any atom is 0.140 e. The van der Waals surface area contributed by atoms with E-state index in [-0.39, 0.29) is 35.1 Å². The average molecular weight is 206 g/mol. The van der Waals surface area contributed by atoms with Crippen LogP contribution >= 0.6 is 0 Å². The molecule has 0 saturated heterocycles. The van der Waals surface area contributed by atoms with Crippen LogP contribution in [0.1, 0.15) is 20.3 Å². The standard InChI is InChI=1S/C12H14O3/c1-6(13)11(7(2)14)9-4-3-8-5-10(15)12(8)9/h3-4,8-9,11-12H,5H2,1-2H3/t8-,9-,12+/m0/s1. The molecular formula is C12H14O3. The summed E-state index contributed by atoms with van der Waals surface area (Å²) < 4.78 is 0. The number of rotatable bonds is 3. The van der Waals surface area contributed by atoms with Gasteiger partial charge in [-0.1, -0.05) is 12.2 Å². The Morgan fingerprint density at radius 2 is 1.87 bits per heavy atom. The van der Waals surface area contributed by atoms with Gasteiger partial charge in [-0.3, -0.25) is 14.4 Å². The van der Waals surface area contributed by atoms with Crippen LogP contribution in [0.2, 0.25) is 0 Å². The molecule has 0 aromatic rings. The maximum atomic E-state index is 11.4. The highest BCUT2D eigenvalue weighted by Crippen LogP contribution is 2.46. The van der Waals surface area contributed by atoms with Crippen molar-refractivity contribution in [2.75, 3.05) is 0 Å². The number of hydrogen-bond acceptors (Lipinski definition) is 3. The minimum absolute atomic E-state index is 0.0946. The summed E-state index contributed by atoms with van der Waals surface area (Å²) in [6.07, 6.45) is 4.45. The van der Waals surface area contributed by atoms with Crippen molar-refractivity contribution in [3.05, 3.63) is 12.2 Å². The van der Waals surface area contributed by atoms with Gasteiger partial charge in [-0.05, 0) is 19.8 Å². The molecule has 1 fully saturated rings. The lowest BCUT2D eigenvalue weighted by Crippen LogP contribution is -2.42. The molecule has 15 heavy (non-hydrogen) atoms. The molecule has 0 radical (unpaired) electrons. The van der Waals surface area contributed by atoms with Crippen molar-refractivity contribution >= 4 is 17.3 Å². The SMILES string of the molecule is CC(=O)C(C(C)=O)[C@@H]1C=C[C@H]2CC(=O)[C@H]21. The molecule has 3 heteroatoms. The average Bonchev–Trinajstić information content (AvgIpc) is 2.40. The van der Waals surface area contributed by atoms with Gasteiger partial charge in [0.2, 0.25) is 0 Å². The molecule has 0 aliphatic heterocycles. The first-order valence-electron chi connectivity index (χ1n) is 5.24. The lowest BCUT2D eigenvalue weighted by molar-refractivity contribution is -0.138. The number of ketones is 3. The minimum Gasteiger partial charge on any atom is -0.299 e. The maximum absolute atomic E-state index is 11.4. The van der Waals surface area contributed by atoms with Crippen LogP contribution in [0.4, 0.5) is 0 Å². The van der Waals surface area contributed by atoms with Gasteiger partial charge in [-0.2, -0.15) is 0 Å².